The molecule has 0 bridgehead atoms. The molecule has 7 heteroatoms. The quantitative estimate of drug-likeness (QED) is 0.665. The van der Waals surface area contributed by atoms with Gasteiger partial charge >= 0.3 is 0 Å². The molecule has 0 radical (unpaired) electrons. The molecule has 148 valence electrons. The van der Waals surface area contributed by atoms with Gasteiger partial charge in [0.25, 0.3) is 5.91 Å². The molecule has 6 nitrogen and oxygen atoms in total. The van der Waals surface area contributed by atoms with E-state index in [2.05, 4.69) is 15.6 Å². The van der Waals surface area contributed by atoms with Gasteiger partial charge in [-0.05, 0) is 48.4 Å². The highest BCUT2D eigenvalue weighted by Crippen LogP contribution is 2.32. The van der Waals surface area contributed by atoms with E-state index in [4.69, 9.17) is 9.47 Å². The maximum Gasteiger partial charge on any atom is 0.274 e. The SMILES string of the molecule is O=C(Nc1ccc2c(c1)OCCO2)c1cc(NCCc2ccc(F)cc2)ccn1. The fourth-order valence-electron chi connectivity index (χ4n) is 2.98. The number of fused-ring (bicyclic) bond motifs is 1. The van der Waals surface area contributed by atoms with E-state index < -0.39 is 0 Å². The molecule has 0 unspecified atom stereocenters. The predicted molar refractivity (Wildman–Crippen MR) is 108 cm³/mol. The minimum Gasteiger partial charge on any atom is -0.486 e. The second kappa shape index (κ2) is 8.60. The smallest absolute Gasteiger partial charge is 0.274 e. The summed E-state index contributed by atoms with van der Waals surface area (Å²) in [4.78, 5) is 16.7. The first-order valence-corrected chi connectivity index (χ1v) is 9.33. The van der Waals surface area contributed by atoms with Crippen LogP contribution in [-0.2, 0) is 6.42 Å². The van der Waals surface area contributed by atoms with Crippen LogP contribution >= 0.6 is 0 Å². The third kappa shape index (κ3) is 4.82. The summed E-state index contributed by atoms with van der Waals surface area (Å²) in [6.07, 6.45) is 2.32. The van der Waals surface area contributed by atoms with Crippen LogP contribution in [0.15, 0.2) is 60.8 Å². The van der Waals surface area contributed by atoms with Crippen LogP contribution in [-0.4, -0.2) is 30.6 Å². The van der Waals surface area contributed by atoms with Crippen LogP contribution < -0.4 is 20.1 Å². The van der Waals surface area contributed by atoms with Crippen molar-refractivity contribution >= 4 is 17.3 Å². The van der Waals surface area contributed by atoms with E-state index in [9.17, 15) is 9.18 Å². The zero-order chi connectivity index (χ0) is 20.1. The molecule has 0 atom stereocenters. The van der Waals surface area contributed by atoms with Crippen molar-refractivity contribution in [1.82, 2.24) is 4.98 Å². The second-order valence-electron chi connectivity index (χ2n) is 6.55. The van der Waals surface area contributed by atoms with Gasteiger partial charge in [0.1, 0.15) is 24.7 Å². The van der Waals surface area contributed by atoms with Crippen LogP contribution in [0, 0.1) is 5.82 Å². The van der Waals surface area contributed by atoms with Crippen LogP contribution in [0.1, 0.15) is 16.1 Å². The van der Waals surface area contributed by atoms with Crippen molar-refractivity contribution in [3.8, 4) is 11.5 Å². The number of hydrogen-bond acceptors (Lipinski definition) is 5. The van der Waals surface area contributed by atoms with Crippen molar-refractivity contribution in [3.05, 3.63) is 77.9 Å². The molecule has 1 amide bonds. The van der Waals surface area contributed by atoms with E-state index in [1.807, 2.05) is 0 Å². The monoisotopic (exact) mass is 393 g/mol. The Kier molecular flexibility index (Phi) is 5.56. The Morgan fingerprint density at radius 1 is 0.966 bits per heavy atom. The van der Waals surface area contributed by atoms with Gasteiger partial charge in [0, 0.05) is 30.2 Å². The first-order valence-electron chi connectivity index (χ1n) is 9.33. The molecule has 29 heavy (non-hydrogen) atoms. The number of carbonyl (C=O) groups is 1. The number of ether oxygens (including phenoxy) is 2. The summed E-state index contributed by atoms with van der Waals surface area (Å²) in [7, 11) is 0. The fraction of sp³-hybridized carbons (Fsp3) is 0.182. The van der Waals surface area contributed by atoms with Gasteiger partial charge in [-0.2, -0.15) is 0 Å². The van der Waals surface area contributed by atoms with Crippen molar-refractivity contribution in [1.29, 1.82) is 0 Å². The summed E-state index contributed by atoms with van der Waals surface area (Å²) < 4.78 is 24.0. The van der Waals surface area contributed by atoms with Gasteiger partial charge in [-0.15, -0.1) is 0 Å². The number of amides is 1. The van der Waals surface area contributed by atoms with Crippen LogP contribution in [0.2, 0.25) is 0 Å². The molecule has 2 heterocycles. The molecule has 2 N–H and O–H groups in total. The van der Waals surface area contributed by atoms with Crippen LogP contribution in [0.3, 0.4) is 0 Å². The Labute approximate surface area is 167 Å². The van der Waals surface area contributed by atoms with E-state index in [0.717, 1.165) is 17.7 Å². The molecule has 0 fully saturated rings. The summed E-state index contributed by atoms with van der Waals surface area (Å²) >= 11 is 0. The number of carbonyl (C=O) groups excluding carboxylic acids is 1. The molecule has 0 spiro atoms. The topological polar surface area (TPSA) is 72.5 Å². The molecular weight excluding hydrogens is 373 g/mol. The van der Waals surface area contributed by atoms with E-state index in [-0.39, 0.29) is 11.7 Å². The number of anilines is 2. The Morgan fingerprint density at radius 2 is 1.76 bits per heavy atom. The lowest BCUT2D eigenvalue weighted by Crippen LogP contribution is -2.17. The first kappa shape index (κ1) is 18.7. The van der Waals surface area contributed by atoms with Crippen molar-refractivity contribution in [2.24, 2.45) is 0 Å². The van der Waals surface area contributed by atoms with E-state index in [0.29, 0.717) is 42.6 Å². The van der Waals surface area contributed by atoms with E-state index in [1.54, 1.807) is 48.7 Å². The molecule has 1 aliphatic rings. The van der Waals surface area contributed by atoms with Crippen molar-refractivity contribution in [2.45, 2.75) is 6.42 Å². The number of benzene rings is 2. The number of nitrogens with zero attached hydrogens (tertiary/aromatic N) is 1. The maximum absolute atomic E-state index is 13.0. The molecule has 4 rings (SSSR count). The number of nitrogens with one attached hydrogen (secondary N) is 2. The number of rotatable bonds is 6. The Morgan fingerprint density at radius 3 is 2.59 bits per heavy atom. The summed E-state index contributed by atoms with van der Waals surface area (Å²) in [6.45, 7) is 1.65. The average molecular weight is 393 g/mol. The highest BCUT2D eigenvalue weighted by atomic mass is 19.1. The lowest BCUT2D eigenvalue weighted by molar-refractivity contribution is 0.102. The third-order valence-electron chi connectivity index (χ3n) is 4.45. The van der Waals surface area contributed by atoms with Gasteiger partial charge in [-0.3, -0.25) is 9.78 Å². The van der Waals surface area contributed by atoms with Gasteiger partial charge in [0.2, 0.25) is 0 Å². The Bertz CT molecular complexity index is 1010. The van der Waals surface area contributed by atoms with Gasteiger partial charge in [-0.25, -0.2) is 4.39 Å². The van der Waals surface area contributed by atoms with Crippen LogP contribution in [0.5, 0.6) is 11.5 Å². The van der Waals surface area contributed by atoms with Gasteiger partial charge in [0.05, 0.1) is 0 Å². The van der Waals surface area contributed by atoms with Gasteiger partial charge in [-0.1, -0.05) is 12.1 Å². The van der Waals surface area contributed by atoms with E-state index in [1.165, 1.54) is 12.1 Å². The number of hydrogen-bond donors (Lipinski definition) is 2. The first-order chi connectivity index (χ1) is 14.2. The van der Waals surface area contributed by atoms with Crippen LogP contribution in [0.25, 0.3) is 0 Å². The molecule has 2 aromatic carbocycles. The largest absolute Gasteiger partial charge is 0.486 e. The summed E-state index contributed by atoms with van der Waals surface area (Å²) in [5.74, 6) is 0.714. The molecule has 0 saturated heterocycles. The maximum atomic E-state index is 13.0. The number of pyridine rings is 1. The zero-order valence-corrected chi connectivity index (χ0v) is 15.7. The Balaban J connectivity index is 1.36. The lowest BCUT2D eigenvalue weighted by atomic mass is 10.1. The van der Waals surface area contributed by atoms with E-state index >= 15 is 0 Å². The average Bonchev–Trinajstić information content (AvgIpc) is 2.75. The highest BCUT2D eigenvalue weighted by Gasteiger charge is 2.14. The number of aromatic nitrogens is 1. The summed E-state index contributed by atoms with van der Waals surface area (Å²) in [5, 5.41) is 6.08. The lowest BCUT2D eigenvalue weighted by Gasteiger charge is -2.19. The minimum absolute atomic E-state index is 0.246. The van der Waals surface area contributed by atoms with Gasteiger partial charge < -0.3 is 20.1 Å². The normalized spacial score (nSPS) is 12.3. The zero-order valence-electron chi connectivity index (χ0n) is 15.7. The Hall–Kier alpha value is -3.61. The second-order valence-corrected chi connectivity index (χ2v) is 6.55. The highest BCUT2D eigenvalue weighted by molar-refractivity contribution is 6.03. The predicted octanol–water partition coefficient (Wildman–Crippen LogP) is 3.90. The molecule has 0 aliphatic carbocycles. The standard InChI is InChI=1S/C22H20FN3O3/c23-16-3-1-15(2-4-16)7-9-24-17-8-10-25-19(13-17)22(27)26-18-5-6-20-21(14-18)29-12-11-28-20/h1-6,8,10,13-14H,7,9,11-12H2,(H,24,25)(H,26,27). The van der Waals surface area contributed by atoms with Crippen molar-refractivity contribution < 1.29 is 18.7 Å². The summed E-state index contributed by atoms with van der Waals surface area (Å²) in [6, 6.07) is 15.2. The minimum atomic E-state index is -0.316. The molecule has 1 aliphatic heterocycles. The summed E-state index contributed by atoms with van der Waals surface area (Å²) in [5.41, 5.74) is 2.72. The molecule has 3 aromatic rings. The van der Waals surface area contributed by atoms with Gasteiger partial charge in [0.15, 0.2) is 11.5 Å². The van der Waals surface area contributed by atoms with Crippen molar-refractivity contribution in [2.75, 3.05) is 30.4 Å². The molecule has 0 saturated carbocycles. The van der Waals surface area contributed by atoms with Crippen molar-refractivity contribution in [3.63, 3.8) is 0 Å². The molecule has 1 aromatic heterocycles. The number of halogens is 1. The fourth-order valence-corrected chi connectivity index (χ4v) is 2.98. The van der Waals surface area contributed by atoms with Crippen LogP contribution in [0.4, 0.5) is 15.8 Å². The third-order valence-corrected chi connectivity index (χ3v) is 4.45. The molecular formula is C22H20FN3O3.